The maximum atomic E-state index is 5.68. The SMILES string of the molecule is NNC(CSc1cccc(Br)c1)Cc1ccnc(N)c1. The van der Waals surface area contributed by atoms with Gasteiger partial charge in [0.2, 0.25) is 0 Å². The predicted octanol–water partition coefficient (Wildman–Crippen LogP) is 2.59. The number of hydrazine groups is 1. The van der Waals surface area contributed by atoms with E-state index >= 15 is 0 Å². The molecule has 0 aliphatic heterocycles. The second kappa shape index (κ2) is 7.64. The molecule has 20 heavy (non-hydrogen) atoms. The Morgan fingerprint density at radius 1 is 1.30 bits per heavy atom. The molecule has 5 N–H and O–H groups in total. The van der Waals surface area contributed by atoms with E-state index in [9.17, 15) is 0 Å². The van der Waals surface area contributed by atoms with Gasteiger partial charge in [0.05, 0.1) is 0 Å². The van der Waals surface area contributed by atoms with Crippen molar-refractivity contribution in [2.75, 3.05) is 11.5 Å². The van der Waals surface area contributed by atoms with Crippen LogP contribution < -0.4 is 17.0 Å². The zero-order valence-electron chi connectivity index (χ0n) is 10.9. The Morgan fingerprint density at radius 3 is 2.85 bits per heavy atom. The van der Waals surface area contributed by atoms with Gasteiger partial charge in [0.25, 0.3) is 0 Å². The second-order valence-corrected chi connectivity index (χ2v) is 6.43. The number of rotatable bonds is 6. The molecule has 6 heteroatoms. The maximum absolute atomic E-state index is 5.68. The van der Waals surface area contributed by atoms with Crippen molar-refractivity contribution >= 4 is 33.5 Å². The third kappa shape index (κ3) is 4.79. The maximum Gasteiger partial charge on any atom is 0.123 e. The van der Waals surface area contributed by atoms with E-state index in [1.54, 1.807) is 18.0 Å². The van der Waals surface area contributed by atoms with Gasteiger partial charge in [0.1, 0.15) is 5.82 Å². The normalized spacial score (nSPS) is 12.3. The first-order chi connectivity index (χ1) is 9.67. The Labute approximate surface area is 131 Å². The molecular formula is C14H17BrN4S. The summed E-state index contributed by atoms with van der Waals surface area (Å²) in [7, 11) is 0. The lowest BCUT2D eigenvalue weighted by molar-refractivity contribution is 0.575. The molecule has 1 heterocycles. The number of hydrogen-bond donors (Lipinski definition) is 3. The van der Waals surface area contributed by atoms with Gasteiger partial charge in [-0.05, 0) is 42.3 Å². The van der Waals surface area contributed by atoms with Crippen LogP contribution in [0.1, 0.15) is 5.56 Å². The van der Waals surface area contributed by atoms with Crippen LogP contribution in [-0.4, -0.2) is 16.8 Å². The summed E-state index contributed by atoms with van der Waals surface area (Å²) >= 11 is 5.24. The Kier molecular flexibility index (Phi) is 5.85. The number of anilines is 1. The molecule has 0 radical (unpaired) electrons. The summed E-state index contributed by atoms with van der Waals surface area (Å²) in [4.78, 5) is 5.21. The van der Waals surface area contributed by atoms with Crippen LogP contribution >= 0.6 is 27.7 Å². The number of nitrogens with one attached hydrogen (secondary N) is 1. The number of pyridine rings is 1. The molecule has 1 aromatic heterocycles. The topological polar surface area (TPSA) is 77.0 Å². The minimum Gasteiger partial charge on any atom is -0.384 e. The average Bonchev–Trinajstić information content (AvgIpc) is 2.43. The molecule has 0 saturated carbocycles. The van der Waals surface area contributed by atoms with Gasteiger partial charge in [-0.15, -0.1) is 11.8 Å². The van der Waals surface area contributed by atoms with Crippen molar-refractivity contribution in [3.05, 3.63) is 52.6 Å². The van der Waals surface area contributed by atoms with Crippen LogP contribution in [0.2, 0.25) is 0 Å². The summed E-state index contributed by atoms with van der Waals surface area (Å²) in [5, 5.41) is 0. The highest BCUT2D eigenvalue weighted by Gasteiger charge is 2.09. The van der Waals surface area contributed by atoms with Crippen molar-refractivity contribution in [3.8, 4) is 0 Å². The first-order valence-corrected chi connectivity index (χ1v) is 8.00. The number of benzene rings is 1. The van der Waals surface area contributed by atoms with E-state index in [0.29, 0.717) is 5.82 Å². The molecule has 4 nitrogen and oxygen atoms in total. The summed E-state index contributed by atoms with van der Waals surface area (Å²) in [6.07, 6.45) is 2.55. The molecule has 1 unspecified atom stereocenters. The van der Waals surface area contributed by atoms with Gasteiger partial charge in [-0.3, -0.25) is 11.3 Å². The fourth-order valence-electron chi connectivity index (χ4n) is 1.83. The molecule has 2 rings (SSSR count). The van der Waals surface area contributed by atoms with Gasteiger partial charge in [0, 0.05) is 27.4 Å². The van der Waals surface area contributed by atoms with E-state index < -0.39 is 0 Å². The molecule has 0 fully saturated rings. The first-order valence-electron chi connectivity index (χ1n) is 6.22. The molecule has 0 saturated heterocycles. The lowest BCUT2D eigenvalue weighted by atomic mass is 10.1. The van der Waals surface area contributed by atoms with Gasteiger partial charge in [-0.1, -0.05) is 22.0 Å². The molecule has 106 valence electrons. The third-order valence-corrected chi connectivity index (χ3v) is 4.46. The Balaban J connectivity index is 1.92. The van der Waals surface area contributed by atoms with E-state index in [2.05, 4.69) is 38.5 Å². The van der Waals surface area contributed by atoms with Crippen molar-refractivity contribution in [1.82, 2.24) is 10.4 Å². The lowest BCUT2D eigenvalue weighted by Crippen LogP contribution is -2.38. The monoisotopic (exact) mass is 352 g/mol. The van der Waals surface area contributed by atoms with E-state index in [1.165, 1.54) is 4.90 Å². The molecule has 0 aliphatic carbocycles. The van der Waals surface area contributed by atoms with E-state index in [1.807, 2.05) is 24.3 Å². The van der Waals surface area contributed by atoms with E-state index in [4.69, 9.17) is 11.6 Å². The van der Waals surface area contributed by atoms with E-state index in [0.717, 1.165) is 22.2 Å². The summed E-state index contributed by atoms with van der Waals surface area (Å²) in [5.74, 6) is 7.06. The summed E-state index contributed by atoms with van der Waals surface area (Å²) in [6.45, 7) is 0. The Hall–Kier alpha value is -1.08. The van der Waals surface area contributed by atoms with Gasteiger partial charge >= 0.3 is 0 Å². The average molecular weight is 353 g/mol. The Bertz CT molecular complexity index is 564. The molecule has 0 aliphatic rings. The minimum absolute atomic E-state index is 0.181. The minimum atomic E-state index is 0.181. The highest BCUT2D eigenvalue weighted by Crippen LogP contribution is 2.23. The number of nitrogens with two attached hydrogens (primary N) is 2. The zero-order chi connectivity index (χ0) is 14.4. The summed E-state index contributed by atoms with van der Waals surface area (Å²) in [5.41, 5.74) is 9.68. The van der Waals surface area contributed by atoms with Crippen LogP contribution in [0.15, 0.2) is 52.0 Å². The van der Waals surface area contributed by atoms with Crippen molar-refractivity contribution < 1.29 is 0 Å². The molecule has 2 aromatic rings. The molecular weight excluding hydrogens is 336 g/mol. The zero-order valence-corrected chi connectivity index (χ0v) is 13.3. The van der Waals surface area contributed by atoms with Crippen molar-refractivity contribution in [1.29, 1.82) is 0 Å². The van der Waals surface area contributed by atoms with Crippen LogP contribution in [0.3, 0.4) is 0 Å². The van der Waals surface area contributed by atoms with Crippen molar-refractivity contribution in [3.63, 3.8) is 0 Å². The molecule has 1 atom stereocenters. The third-order valence-electron chi connectivity index (χ3n) is 2.81. The number of nitrogen functional groups attached to an aromatic ring is 1. The standard InChI is InChI=1S/C14H17BrN4S/c15-11-2-1-3-13(8-11)20-9-12(19-17)6-10-4-5-18-14(16)7-10/h1-5,7-8,12,19H,6,9,17H2,(H2,16,18). The Morgan fingerprint density at radius 2 is 2.15 bits per heavy atom. The summed E-state index contributed by atoms with van der Waals surface area (Å²) < 4.78 is 1.08. The van der Waals surface area contributed by atoms with Gasteiger partial charge < -0.3 is 5.73 Å². The largest absolute Gasteiger partial charge is 0.384 e. The number of hydrogen-bond acceptors (Lipinski definition) is 5. The quantitative estimate of drug-likeness (QED) is 0.423. The van der Waals surface area contributed by atoms with E-state index in [-0.39, 0.29) is 6.04 Å². The molecule has 0 bridgehead atoms. The highest BCUT2D eigenvalue weighted by atomic mass is 79.9. The van der Waals surface area contributed by atoms with Crippen molar-refractivity contribution in [2.24, 2.45) is 5.84 Å². The van der Waals surface area contributed by atoms with Crippen LogP contribution in [0.5, 0.6) is 0 Å². The fourth-order valence-corrected chi connectivity index (χ4v) is 3.37. The van der Waals surface area contributed by atoms with Gasteiger partial charge in [0.15, 0.2) is 0 Å². The van der Waals surface area contributed by atoms with Gasteiger partial charge in [-0.25, -0.2) is 4.98 Å². The smallest absolute Gasteiger partial charge is 0.123 e. The van der Waals surface area contributed by atoms with Gasteiger partial charge in [-0.2, -0.15) is 0 Å². The fraction of sp³-hybridized carbons (Fsp3) is 0.214. The molecule has 1 aromatic carbocycles. The number of nitrogens with zero attached hydrogens (tertiary/aromatic N) is 1. The predicted molar refractivity (Wildman–Crippen MR) is 88.3 cm³/mol. The number of halogens is 1. The summed E-state index contributed by atoms with van der Waals surface area (Å²) in [6, 6.07) is 12.3. The molecule has 0 amide bonds. The van der Waals surface area contributed by atoms with Crippen LogP contribution in [0, 0.1) is 0 Å². The first kappa shape index (κ1) is 15.3. The molecule has 0 spiro atoms. The van der Waals surface area contributed by atoms with Crippen LogP contribution in [-0.2, 0) is 6.42 Å². The highest BCUT2D eigenvalue weighted by molar-refractivity contribution is 9.10. The second-order valence-electron chi connectivity index (χ2n) is 4.43. The van der Waals surface area contributed by atoms with Crippen molar-refractivity contribution in [2.45, 2.75) is 17.4 Å². The number of aromatic nitrogens is 1. The lowest BCUT2D eigenvalue weighted by Gasteiger charge is -2.15. The van der Waals surface area contributed by atoms with Crippen LogP contribution in [0.25, 0.3) is 0 Å². The number of thioether (sulfide) groups is 1. The van der Waals surface area contributed by atoms with Crippen LogP contribution in [0.4, 0.5) is 5.82 Å².